The molecule has 0 aromatic heterocycles. The Hall–Kier alpha value is -2.86. The molecule has 3 aromatic carbocycles. The SMILES string of the molecule is O=C(COC(=O)C(O)(c1ccccc1)c1ccccc1)Nc1c(Cl)cccc1Cl. The van der Waals surface area contributed by atoms with Gasteiger partial charge in [0, 0.05) is 0 Å². The first kappa shape index (κ1) is 20.9. The van der Waals surface area contributed by atoms with E-state index in [0.717, 1.165) is 0 Å². The van der Waals surface area contributed by atoms with Crippen molar-refractivity contribution in [2.24, 2.45) is 0 Å². The summed E-state index contributed by atoms with van der Waals surface area (Å²) in [5.41, 5.74) is -1.19. The van der Waals surface area contributed by atoms with Crippen LogP contribution in [0.15, 0.2) is 78.9 Å². The van der Waals surface area contributed by atoms with Crippen LogP contribution in [0.1, 0.15) is 11.1 Å². The topological polar surface area (TPSA) is 75.6 Å². The van der Waals surface area contributed by atoms with Gasteiger partial charge in [0.1, 0.15) is 0 Å². The van der Waals surface area contributed by atoms with Gasteiger partial charge in [-0.3, -0.25) is 4.79 Å². The zero-order valence-corrected chi connectivity index (χ0v) is 16.7. The average Bonchev–Trinajstić information content (AvgIpc) is 2.75. The summed E-state index contributed by atoms with van der Waals surface area (Å²) in [4.78, 5) is 25.1. The lowest BCUT2D eigenvalue weighted by Gasteiger charge is -2.27. The first-order valence-electron chi connectivity index (χ1n) is 8.67. The predicted molar refractivity (Wildman–Crippen MR) is 112 cm³/mol. The largest absolute Gasteiger partial charge is 0.453 e. The number of esters is 1. The van der Waals surface area contributed by atoms with E-state index in [-0.39, 0.29) is 15.7 Å². The number of amides is 1. The number of aliphatic hydroxyl groups is 1. The Labute approximate surface area is 177 Å². The lowest BCUT2D eigenvalue weighted by atomic mass is 9.86. The van der Waals surface area contributed by atoms with Crippen molar-refractivity contribution in [3.63, 3.8) is 0 Å². The summed E-state index contributed by atoms with van der Waals surface area (Å²) in [6.07, 6.45) is 0. The second kappa shape index (κ2) is 9.09. The molecule has 3 rings (SSSR count). The van der Waals surface area contributed by atoms with Gasteiger partial charge in [0.2, 0.25) is 5.60 Å². The quantitative estimate of drug-likeness (QED) is 0.568. The van der Waals surface area contributed by atoms with Crippen molar-refractivity contribution in [3.05, 3.63) is 100 Å². The monoisotopic (exact) mass is 429 g/mol. The third kappa shape index (κ3) is 4.59. The fourth-order valence-electron chi connectivity index (χ4n) is 2.79. The second-order valence-corrected chi connectivity index (χ2v) is 6.98. The third-order valence-electron chi connectivity index (χ3n) is 4.24. The van der Waals surface area contributed by atoms with E-state index >= 15 is 0 Å². The molecule has 0 bridgehead atoms. The molecule has 0 atom stereocenters. The number of ether oxygens (including phenoxy) is 1. The maximum atomic E-state index is 12.9. The number of rotatable bonds is 6. The lowest BCUT2D eigenvalue weighted by molar-refractivity contribution is -0.163. The summed E-state index contributed by atoms with van der Waals surface area (Å²) in [6.45, 7) is -0.623. The highest BCUT2D eigenvalue weighted by molar-refractivity contribution is 6.39. The van der Waals surface area contributed by atoms with E-state index in [1.807, 2.05) is 0 Å². The minimum absolute atomic E-state index is 0.221. The van der Waals surface area contributed by atoms with Crippen molar-refractivity contribution in [1.82, 2.24) is 0 Å². The highest BCUT2D eigenvalue weighted by atomic mass is 35.5. The molecule has 0 heterocycles. The van der Waals surface area contributed by atoms with Crippen LogP contribution in [-0.4, -0.2) is 23.6 Å². The van der Waals surface area contributed by atoms with Crippen molar-refractivity contribution in [1.29, 1.82) is 0 Å². The van der Waals surface area contributed by atoms with Gasteiger partial charge >= 0.3 is 5.97 Å². The number of nitrogens with one attached hydrogen (secondary N) is 1. The molecule has 0 saturated carbocycles. The number of halogens is 2. The minimum atomic E-state index is -2.06. The highest BCUT2D eigenvalue weighted by Gasteiger charge is 2.41. The summed E-state index contributed by atoms with van der Waals surface area (Å²) in [5.74, 6) is -1.62. The van der Waals surface area contributed by atoms with E-state index in [1.165, 1.54) is 0 Å². The number of hydrogen-bond donors (Lipinski definition) is 2. The molecule has 2 N–H and O–H groups in total. The van der Waals surface area contributed by atoms with E-state index in [1.54, 1.807) is 78.9 Å². The molecule has 29 heavy (non-hydrogen) atoms. The number of hydrogen-bond acceptors (Lipinski definition) is 4. The van der Waals surface area contributed by atoms with Gasteiger partial charge in [-0.2, -0.15) is 0 Å². The van der Waals surface area contributed by atoms with Crippen molar-refractivity contribution in [2.75, 3.05) is 11.9 Å². The van der Waals surface area contributed by atoms with Gasteiger partial charge in [-0.1, -0.05) is 89.9 Å². The molecule has 0 aliphatic heterocycles. The van der Waals surface area contributed by atoms with E-state index < -0.39 is 24.1 Å². The predicted octanol–water partition coefficient (Wildman–Crippen LogP) is 4.41. The highest BCUT2D eigenvalue weighted by Crippen LogP contribution is 2.32. The molecule has 0 aliphatic carbocycles. The molecule has 148 valence electrons. The zero-order valence-electron chi connectivity index (χ0n) is 15.1. The summed E-state index contributed by atoms with van der Waals surface area (Å²) < 4.78 is 5.14. The van der Waals surface area contributed by atoms with Crippen LogP contribution in [0.25, 0.3) is 0 Å². The van der Waals surface area contributed by atoms with Crippen LogP contribution in [-0.2, 0) is 19.9 Å². The first-order chi connectivity index (χ1) is 13.9. The van der Waals surface area contributed by atoms with E-state index in [2.05, 4.69) is 5.32 Å². The number of para-hydroxylation sites is 1. The molecular formula is C22H17Cl2NO4. The minimum Gasteiger partial charge on any atom is -0.453 e. The van der Waals surface area contributed by atoms with Gasteiger partial charge in [0.05, 0.1) is 15.7 Å². The maximum Gasteiger partial charge on any atom is 0.348 e. The smallest absolute Gasteiger partial charge is 0.348 e. The fraction of sp³-hybridized carbons (Fsp3) is 0.0909. The second-order valence-electron chi connectivity index (χ2n) is 6.16. The Kier molecular flexibility index (Phi) is 6.54. The molecule has 5 nitrogen and oxygen atoms in total. The fourth-order valence-corrected chi connectivity index (χ4v) is 3.28. The zero-order chi connectivity index (χ0) is 20.9. The van der Waals surface area contributed by atoms with Crippen LogP contribution in [0.3, 0.4) is 0 Å². The number of carbonyl (C=O) groups excluding carboxylic acids is 2. The van der Waals surface area contributed by atoms with Crippen LogP contribution >= 0.6 is 23.2 Å². The molecule has 0 saturated heterocycles. The van der Waals surface area contributed by atoms with Gasteiger partial charge in [0.25, 0.3) is 5.91 Å². The van der Waals surface area contributed by atoms with Crippen LogP contribution in [0.5, 0.6) is 0 Å². The average molecular weight is 430 g/mol. The van der Waals surface area contributed by atoms with Crippen molar-refractivity contribution >= 4 is 40.8 Å². The Bertz CT molecular complexity index is 950. The van der Waals surface area contributed by atoms with Crippen LogP contribution < -0.4 is 5.32 Å². The maximum absolute atomic E-state index is 12.9. The number of benzene rings is 3. The van der Waals surface area contributed by atoms with E-state index in [0.29, 0.717) is 11.1 Å². The van der Waals surface area contributed by atoms with Gasteiger partial charge in [0.15, 0.2) is 6.61 Å². The molecule has 3 aromatic rings. The van der Waals surface area contributed by atoms with E-state index in [4.69, 9.17) is 27.9 Å². The van der Waals surface area contributed by atoms with E-state index in [9.17, 15) is 14.7 Å². The number of anilines is 1. The Morgan fingerprint density at radius 1 is 0.828 bits per heavy atom. The molecule has 7 heteroatoms. The van der Waals surface area contributed by atoms with Crippen LogP contribution in [0, 0.1) is 0 Å². The Morgan fingerprint density at radius 2 is 1.31 bits per heavy atom. The van der Waals surface area contributed by atoms with Crippen molar-refractivity contribution < 1.29 is 19.4 Å². The summed E-state index contributed by atoms with van der Waals surface area (Å²) >= 11 is 12.0. The Morgan fingerprint density at radius 3 is 1.79 bits per heavy atom. The van der Waals surface area contributed by atoms with Crippen molar-refractivity contribution in [3.8, 4) is 0 Å². The lowest BCUT2D eigenvalue weighted by Crippen LogP contribution is -2.39. The molecule has 1 amide bonds. The van der Waals surface area contributed by atoms with Gasteiger partial charge in [-0.15, -0.1) is 0 Å². The molecule has 0 unspecified atom stereocenters. The first-order valence-corrected chi connectivity index (χ1v) is 9.43. The molecule has 0 spiro atoms. The van der Waals surface area contributed by atoms with Crippen LogP contribution in [0.2, 0.25) is 10.0 Å². The van der Waals surface area contributed by atoms with Gasteiger partial charge in [-0.25, -0.2) is 4.79 Å². The molecule has 0 fully saturated rings. The standard InChI is InChI=1S/C22H17Cl2NO4/c23-17-12-7-13-18(24)20(17)25-19(26)14-29-21(27)22(28,15-8-3-1-4-9-15)16-10-5-2-6-11-16/h1-13,28H,14H2,(H,25,26). The third-order valence-corrected chi connectivity index (χ3v) is 4.87. The summed E-state index contributed by atoms with van der Waals surface area (Å²) in [5, 5.41) is 14.3. The van der Waals surface area contributed by atoms with Gasteiger partial charge in [-0.05, 0) is 23.3 Å². The summed E-state index contributed by atoms with van der Waals surface area (Å²) in [7, 11) is 0. The molecular weight excluding hydrogens is 413 g/mol. The Balaban J connectivity index is 1.78. The van der Waals surface area contributed by atoms with Gasteiger partial charge < -0.3 is 15.2 Å². The number of carbonyl (C=O) groups is 2. The van der Waals surface area contributed by atoms with Crippen molar-refractivity contribution in [2.45, 2.75) is 5.60 Å². The summed E-state index contributed by atoms with van der Waals surface area (Å²) in [6, 6.07) is 21.5. The van der Waals surface area contributed by atoms with Crippen LogP contribution in [0.4, 0.5) is 5.69 Å². The molecule has 0 aliphatic rings. The normalized spacial score (nSPS) is 11.0. The molecule has 0 radical (unpaired) electrons.